The van der Waals surface area contributed by atoms with Crippen LogP contribution in [0.3, 0.4) is 0 Å². The van der Waals surface area contributed by atoms with E-state index in [2.05, 4.69) is 29.8 Å². The number of hydrogen-bond donors (Lipinski definition) is 0. The largest absolute Gasteiger partial charge is 0.463 e. The second-order valence-corrected chi connectivity index (χ2v) is 10.2. The molecule has 0 saturated heterocycles. The molecule has 3 aromatic carbocycles. The van der Waals surface area contributed by atoms with E-state index in [4.69, 9.17) is 9.73 Å². The molecule has 39 heavy (non-hydrogen) atoms. The van der Waals surface area contributed by atoms with E-state index in [0.29, 0.717) is 20.6 Å². The van der Waals surface area contributed by atoms with Gasteiger partial charge in [-0.15, -0.1) is 0 Å². The number of fused-ring (bicyclic) bond motifs is 2. The summed E-state index contributed by atoms with van der Waals surface area (Å²) >= 11 is 1.34. The predicted molar refractivity (Wildman–Crippen MR) is 155 cm³/mol. The number of carbonyl (C=O) groups is 1. The monoisotopic (exact) mass is 533 g/mol. The molecular formula is C32H27N3O3S. The van der Waals surface area contributed by atoms with E-state index in [0.717, 1.165) is 34.1 Å². The summed E-state index contributed by atoms with van der Waals surface area (Å²) < 4.78 is 9.91. The van der Waals surface area contributed by atoms with Crippen LogP contribution in [0.25, 0.3) is 22.7 Å². The first-order valence-corrected chi connectivity index (χ1v) is 13.8. The SMILES string of the molecule is CCOC(=O)C1=C(c2ccccc2)N=c2s/c(=C\c3cn(CC)c4ccccc34)c(=O)n2[C@H]1c1ccccc1. The molecule has 6 nitrogen and oxygen atoms in total. The number of aromatic nitrogens is 2. The van der Waals surface area contributed by atoms with Crippen molar-refractivity contribution in [3.05, 3.63) is 133 Å². The summed E-state index contributed by atoms with van der Waals surface area (Å²) in [5.74, 6) is -0.478. The highest BCUT2D eigenvalue weighted by Crippen LogP contribution is 2.35. The van der Waals surface area contributed by atoms with Gasteiger partial charge in [-0.2, -0.15) is 0 Å². The van der Waals surface area contributed by atoms with Crippen LogP contribution in [0.2, 0.25) is 0 Å². The van der Waals surface area contributed by atoms with Gasteiger partial charge in [0.25, 0.3) is 5.56 Å². The standard InChI is InChI=1S/C32H27N3O3S/c1-3-34-20-23(24-17-11-12-18-25(24)34)19-26-30(36)35-29(22-15-9-6-10-16-22)27(31(37)38-4-2)28(33-32(35)39-26)21-13-7-5-8-14-21/h5-20,29H,3-4H2,1-2H3/b26-19-/t29-/m0/s1. The second-order valence-electron chi connectivity index (χ2n) is 9.23. The van der Waals surface area contributed by atoms with Gasteiger partial charge in [-0.1, -0.05) is 90.2 Å². The van der Waals surface area contributed by atoms with Crippen LogP contribution < -0.4 is 14.9 Å². The highest BCUT2D eigenvalue weighted by molar-refractivity contribution is 7.07. The van der Waals surface area contributed by atoms with Crippen LogP contribution in [0.15, 0.2) is 106 Å². The summed E-state index contributed by atoms with van der Waals surface area (Å²) in [6, 6.07) is 26.7. The molecule has 6 rings (SSSR count). The first-order valence-electron chi connectivity index (χ1n) is 13.0. The maximum Gasteiger partial charge on any atom is 0.338 e. The third-order valence-electron chi connectivity index (χ3n) is 6.94. The lowest BCUT2D eigenvalue weighted by molar-refractivity contribution is -0.138. The number of esters is 1. The van der Waals surface area contributed by atoms with Gasteiger partial charge >= 0.3 is 5.97 Å². The Morgan fingerprint density at radius 1 is 0.974 bits per heavy atom. The lowest BCUT2D eigenvalue weighted by Gasteiger charge is -2.25. The van der Waals surface area contributed by atoms with Crippen LogP contribution in [0.4, 0.5) is 0 Å². The molecule has 0 N–H and O–H groups in total. The number of benzene rings is 3. The fourth-order valence-corrected chi connectivity index (χ4v) is 6.18. The van der Waals surface area contributed by atoms with Crippen molar-refractivity contribution in [2.45, 2.75) is 26.4 Å². The molecule has 7 heteroatoms. The van der Waals surface area contributed by atoms with Crippen LogP contribution in [-0.2, 0) is 16.1 Å². The van der Waals surface area contributed by atoms with Crippen LogP contribution in [0.5, 0.6) is 0 Å². The van der Waals surface area contributed by atoms with Gasteiger partial charge < -0.3 is 9.30 Å². The lowest BCUT2D eigenvalue weighted by atomic mass is 9.93. The molecule has 0 aliphatic carbocycles. The number of nitrogens with zero attached hydrogens (tertiary/aromatic N) is 3. The summed E-state index contributed by atoms with van der Waals surface area (Å²) in [6.07, 6.45) is 4.02. The van der Waals surface area contributed by atoms with E-state index in [-0.39, 0.29) is 12.2 Å². The normalized spacial score (nSPS) is 15.3. The molecule has 1 aliphatic heterocycles. The third-order valence-corrected chi connectivity index (χ3v) is 7.92. The number of para-hydroxylation sites is 1. The fourth-order valence-electron chi connectivity index (χ4n) is 5.18. The van der Waals surface area contributed by atoms with Crippen molar-refractivity contribution in [3.8, 4) is 0 Å². The minimum Gasteiger partial charge on any atom is -0.463 e. The Kier molecular flexibility index (Phi) is 6.59. The minimum atomic E-state index is -0.671. The Balaban J connectivity index is 1.65. The Bertz CT molecular complexity index is 1900. The minimum absolute atomic E-state index is 0.185. The van der Waals surface area contributed by atoms with Gasteiger partial charge in [0.2, 0.25) is 0 Å². The summed E-state index contributed by atoms with van der Waals surface area (Å²) in [4.78, 5) is 33.1. The van der Waals surface area contributed by atoms with Crippen LogP contribution in [0.1, 0.15) is 36.6 Å². The van der Waals surface area contributed by atoms with E-state index < -0.39 is 12.0 Å². The van der Waals surface area contributed by atoms with E-state index in [1.165, 1.54) is 11.3 Å². The topological polar surface area (TPSA) is 65.6 Å². The van der Waals surface area contributed by atoms with Crippen molar-refractivity contribution in [2.75, 3.05) is 6.61 Å². The zero-order valence-electron chi connectivity index (χ0n) is 21.7. The molecule has 0 spiro atoms. The van der Waals surface area contributed by atoms with Crippen molar-refractivity contribution in [2.24, 2.45) is 4.99 Å². The number of ether oxygens (including phenoxy) is 1. The maximum absolute atomic E-state index is 14.1. The lowest BCUT2D eigenvalue weighted by Crippen LogP contribution is -2.39. The van der Waals surface area contributed by atoms with Crippen LogP contribution in [-0.4, -0.2) is 21.7 Å². The van der Waals surface area contributed by atoms with Gasteiger partial charge in [0.15, 0.2) is 4.80 Å². The van der Waals surface area contributed by atoms with Crippen LogP contribution >= 0.6 is 11.3 Å². The molecule has 0 bridgehead atoms. The van der Waals surface area contributed by atoms with Gasteiger partial charge in [0, 0.05) is 34.8 Å². The number of rotatable bonds is 6. The Morgan fingerprint density at radius 2 is 1.67 bits per heavy atom. The number of hydrogen-bond acceptors (Lipinski definition) is 5. The molecule has 1 atom stereocenters. The van der Waals surface area contributed by atoms with E-state index >= 15 is 0 Å². The van der Waals surface area contributed by atoms with Crippen molar-refractivity contribution < 1.29 is 9.53 Å². The zero-order valence-corrected chi connectivity index (χ0v) is 22.5. The van der Waals surface area contributed by atoms with Gasteiger partial charge in [0.1, 0.15) is 0 Å². The molecular weight excluding hydrogens is 506 g/mol. The van der Waals surface area contributed by atoms with Crippen molar-refractivity contribution in [1.29, 1.82) is 0 Å². The molecule has 1 aliphatic rings. The Hall–Kier alpha value is -4.49. The third kappa shape index (κ3) is 4.34. The molecule has 3 heterocycles. The summed E-state index contributed by atoms with van der Waals surface area (Å²) in [6.45, 7) is 4.93. The van der Waals surface area contributed by atoms with Gasteiger partial charge in [-0.3, -0.25) is 9.36 Å². The molecule has 0 saturated carbocycles. The first-order chi connectivity index (χ1) is 19.1. The zero-order chi connectivity index (χ0) is 26.9. The summed E-state index contributed by atoms with van der Waals surface area (Å²) in [5, 5.41) is 1.09. The first kappa shape index (κ1) is 24.8. The van der Waals surface area contributed by atoms with E-state index in [1.54, 1.807) is 11.5 Å². The molecule has 0 fully saturated rings. The molecule has 194 valence electrons. The molecule has 0 radical (unpaired) electrons. The molecule has 0 amide bonds. The fraction of sp³-hybridized carbons (Fsp3) is 0.156. The summed E-state index contributed by atoms with van der Waals surface area (Å²) in [5.41, 5.74) is 4.41. The van der Waals surface area contributed by atoms with Gasteiger partial charge in [0.05, 0.1) is 28.5 Å². The number of thiazole rings is 1. The highest BCUT2D eigenvalue weighted by Gasteiger charge is 2.35. The maximum atomic E-state index is 14.1. The molecule has 0 unspecified atom stereocenters. The van der Waals surface area contributed by atoms with Gasteiger partial charge in [-0.25, -0.2) is 9.79 Å². The quantitative estimate of drug-likeness (QED) is 0.291. The van der Waals surface area contributed by atoms with Crippen molar-refractivity contribution in [1.82, 2.24) is 9.13 Å². The highest BCUT2D eigenvalue weighted by atomic mass is 32.1. The van der Waals surface area contributed by atoms with E-state index in [9.17, 15) is 9.59 Å². The smallest absolute Gasteiger partial charge is 0.338 e. The summed E-state index contributed by atoms with van der Waals surface area (Å²) in [7, 11) is 0. The number of carbonyl (C=O) groups excluding carboxylic acids is 1. The second kappa shape index (κ2) is 10.3. The molecule has 2 aromatic heterocycles. The van der Waals surface area contributed by atoms with Gasteiger partial charge in [-0.05, 0) is 31.6 Å². The van der Waals surface area contributed by atoms with Crippen molar-refractivity contribution >= 4 is 40.0 Å². The Morgan fingerprint density at radius 3 is 2.38 bits per heavy atom. The number of aryl methyl sites for hydroxylation is 1. The average molecular weight is 534 g/mol. The van der Waals surface area contributed by atoms with Crippen LogP contribution in [0, 0.1) is 0 Å². The molecule has 5 aromatic rings. The average Bonchev–Trinajstić information content (AvgIpc) is 3.49. The van der Waals surface area contributed by atoms with Crippen molar-refractivity contribution in [3.63, 3.8) is 0 Å². The predicted octanol–water partition coefficient (Wildman–Crippen LogP) is 4.91. The van der Waals surface area contributed by atoms with E-state index in [1.807, 2.05) is 78.9 Å². The Labute approximate surface area is 229 Å².